The van der Waals surface area contributed by atoms with Crippen molar-refractivity contribution in [3.63, 3.8) is 0 Å². The summed E-state index contributed by atoms with van der Waals surface area (Å²) in [6.45, 7) is 1.72. The predicted octanol–water partition coefficient (Wildman–Crippen LogP) is 0.754. The molecule has 0 saturated carbocycles. The Labute approximate surface area is 117 Å². The second kappa shape index (κ2) is 7.49. The summed E-state index contributed by atoms with van der Waals surface area (Å²) in [5, 5.41) is 23.4. The minimum Gasteiger partial charge on any atom is -0.481 e. The number of aliphatic carboxylic acids is 1. The lowest BCUT2D eigenvalue weighted by Gasteiger charge is -2.21. The van der Waals surface area contributed by atoms with Crippen LogP contribution in [0.3, 0.4) is 0 Å². The average Bonchev–Trinajstić information content (AvgIpc) is 2.36. The van der Waals surface area contributed by atoms with Crippen molar-refractivity contribution >= 4 is 12.0 Å². The van der Waals surface area contributed by atoms with Crippen LogP contribution in [0.1, 0.15) is 18.9 Å². The van der Waals surface area contributed by atoms with Gasteiger partial charge in [0, 0.05) is 13.1 Å². The Balaban J connectivity index is 2.22. The maximum atomic E-state index is 11.5. The van der Waals surface area contributed by atoms with Gasteiger partial charge in [-0.3, -0.25) is 4.79 Å². The molecule has 6 nitrogen and oxygen atoms in total. The Kier molecular flexibility index (Phi) is 5.99. The van der Waals surface area contributed by atoms with Gasteiger partial charge < -0.3 is 20.8 Å². The van der Waals surface area contributed by atoms with Gasteiger partial charge in [-0.25, -0.2) is 4.79 Å². The number of rotatable bonds is 7. The lowest BCUT2D eigenvalue weighted by atomic mass is 10.0. The first-order valence-corrected chi connectivity index (χ1v) is 6.39. The van der Waals surface area contributed by atoms with Crippen LogP contribution in [0.5, 0.6) is 0 Å². The lowest BCUT2D eigenvalue weighted by Crippen LogP contribution is -2.46. The molecule has 0 aliphatic heterocycles. The molecule has 1 rings (SSSR count). The van der Waals surface area contributed by atoms with Gasteiger partial charge in [-0.05, 0) is 18.9 Å². The molecule has 20 heavy (non-hydrogen) atoms. The molecule has 2 amide bonds. The molecule has 6 heteroatoms. The molecule has 0 fully saturated rings. The molecule has 0 aliphatic carbocycles. The summed E-state index contributed by atoms with van der Waals surface area (Å²) in [4.78, 5) is 22.0. The predicted molar refractivity (Wildman–Crippen MR) is 74.4 cm³/mol. The molecule has 0 aliphatic rings. The number of carbonyl (C=O) groups is 2. The first kappa shape index (κ1) is 16.0. The van der Waals surface area contributed by atoms with Gasteiger partial charge in [-0.15, -0.1) is 0 Å². The van der Waals surface area contributed by atoms with Gasteiger partial charge in [0.15, 0.2) is 0 Å². The highest BCUT2D eigenvalue weighted by molar-refractivity contribution is 5.74. The molecule has 0 heterocycles. The SMILES string of the molecule is CC(O)(CNC(=O)NCCc1ccccc1)CC(=O)O. The van der Waals surface area contributed by atoms with Crippen molar-refractivity contribution in [3.8, 4) is 0 Å². The van der Waals surface area contributed by atoms with Gasteiger partial charge in [0.2, 0.25) is 0 Å². The minimum atomic E-state index is -1.46. The van der Waals surface area contributed by atoms with Gasteiger partial charge in [-0.2, -0.15) is 0 Å². The Morgan fingerprint density at radius 1 is 1.20 bits per heavy atom. The zero-order valence-electron chi connectivity index (χ0n) is 11.4. The van der Waals surface area contributed by atoms with E-state index in [1.54, 1.807) is 0 Å². The number of carboxylic acid groups (broad SMARTS) is 1. The van der Waals surface area contributed by atoms with Gasteiger partial charge in [0.25, 0.3) is 0 Å². The van der Waals surface area contributed by atoms with Gasteiger partial charge in [0.05, 0.1) is 12.0 Å². The molecule has 1 aromatic rings. The molecular weight excluding hydrogens is 260 g/mol. The molecule has 0 bridgehead atoms. The van der Waals surface area contributed by atoms with E-state index in [0.717, 1.165) is 5.56 Å². The van der Waals surface area contributed by atoms with Crippen molar-refractivity contribution in [2.24, 2.45) is 0 Å². The summed E-state index contributed by atoms with van der Waals surface area (Å²) in [5.74, 6) is -1.11. The number of carbonyl (C=O) groups excluding carboxylic acids is 1. The first-order chi connectivity index (χ1) is 9.39. The van der Waals surface area contributed by atoms with Crippen LogP contribution in [-0.4, -0.2) is 40.9 Å². The van der Waals surface area contributed by atoms with Gasteiger partial charge in [0.1, 0.15) is 0 Å². The molecule has 0 radical (unpaired) electrons. The maximum Gasteiger partial charge on any atom is 0.314 e. The highest BCUT2D eigenvalue weighted by atomic mass is 16.4. The number of hydrogen-bond donors (Lipinski definition) is 4. The molecule has 1 unspecified atom stereocenters. The number of nitrogens with one attached hydrogen (secondary N) is 2. The van der Waals surface area contributed by atoms with Crippen LogP contribution in [0, 0.1) is 0 Å². The molecular formula is C14H20N2O4. The summed E-state index contributed by atoms with van der Waals surface area (Å²) in [5.41, 5.74) is -0.339. The van der Waals surface area contributed by atoms with Crippen molar-refractivity contribution < 1.29 is 19.8 Å². The Morgan fingerprint density at radius 2 is 1.85 bits per heavy atom. The summed E-state index contributed by atoms with van der Waals surface area (Å²) >= 11 is 0. The molecule has 0 saturated heterocycles. The minimum absolute atomic E-state index is 0.115. The number of carboxylic acids is 1. The summed E-state index contributed by atoms with van der Waals surface area (Å²) < 4.78 is 0. The van der Waals surface area contributed by atoms with E-state index < -0.39 is 24.0 Å². The standard InChI is InChI=1S/C14H20N2O4/c1-14(20,9-12(17)18)10-16-13(19)15-8-7-11-5-3-2-4-6-11/h2-6,20H,7-10H2,1H3,(H,17,18)(H2,15,16,19). The fraction of sp³-hybridized carbons (Fsp3) is 0.429. The van der Waals surface area contributed by atoms with E-state index in [1.807, 2.05) is 30.3 Å². The van der Waals surface area contributed by atoms with E-state index in [9.17, 15) is 14.7 Å². The van der Waals surface area contributed by atoms with Crippen molar-refractivity contribution in [3.05, 3.63) is 35.9 Å². The zero-order valence-corrected chi connectivity index (χ0v) is 11.4. The number of hydrogen-bond acceptors (Lipinski definition) is 3. The van der Waals surface area contributed by atoms with Crippen molar-refractivity contribution in [2.45, 2.75) is 25.4 Å². The smallest absolute Gasteiger partial charge is 0.314 e. The van der Waals surface area contributed by atoms with Crippen LogP contribution in [0.4, 0.5) is 4.79 Å². The normalized spacial score (nSPS) is 13.3. The van der Waals surface area contributed by atoms with E-state index in [0.29, 0.717) is 13.0 Å². The topological polar surface area (TPSA) is 98.7 Å². The van der Waals surface area contributed by atoms with E-state index in [2.05, 4.69) is 10.6 Å². The van der Waals surface area contributed by atoms with Crippen molar-refractivity contribution in [1.82, 2.24) is 10.6 Å². The quantitative estimate of drug-likeness (QED) is 0.592. The number of benzene rings is 1. The van der Waals surface area contributed by atoms with E-state index in [1.165, 1.54) is 6.92 Å². The van der Waals surface area contributed by atoms with Crippen LogP contribution in [0.25, 0.3) is 0 Å². The number of amides is 2. The lowest BCUT2D eigenvalue weighted by molar-refractivity contribution is -0.141. The van der Waals surface area contributed by atoms with Crippen molar-refractivity contribution in [1.29, 1.82) is 0 Å². The largest absolute Gasteiger partial charge is 0.481 e. The third-order valence-corrected chi connectivity index (χ3v) is 2.70. The van der Waals surface area contributed by atoms with Gasteiger partial charge in [-0.1, -0.05) is 30.3 Å². The monoisotopic (exact) mass is 280 g/mol. The van der Waals surface area contributed by atoms with Crippen molar-refractivity contribution in [2.75, 3.05) is 13.1 Å². The van der Waals surface area contributed by atoms with Crippen LogP contribution < -0.4 is 10.6 Å². The van der Waals surface area contributed by atoms with Gasteiger partial charge >= 0.3 is 12.0 Å². The van der Waals surface area contributed by atoms with Crippen LogP contribution in [0.2, 0.25) is 0 Å². The van der Waals surface area contributed by atoms with E-state index in [4.69, 9.17) is 5.11 Å². The Hall–Kier alpha value is -2.08. The summed E-state index contributed by atoms with van der Waals surface area (Å²) in [6, 6.07) is 9.30. The first-order valence-electron chi connectivity index (χ1n) is 6.39. The number of aliphatic hydroxyl groups is 1. The second-order valence-electron chi connectivity index (χ2n) is 4.91. The average molecular weight is 280 g/mol. The highest BCUT2D eigenvalue weighted by Crippen LogP contribution is 2.07. The van der Waals surface area contributed by atoms with Crippen LogP contribution in [-0.2, 0) is 11.2 Å². The Bertz CT molecular complexity index is 446. The van der Waals surface area contributed by atoms with E-state index >= 15 is 0 Å². The van der Waals surface area contributed by atoms with E-state index in [-0.39, 0.29) is 6.54 Å². The molecule has 0 aromatic heterocycles. The zero-order chi connectivity index (χ0) is 15.0. The highest BCUT2D eigenvalue weighted by Gasteiger charge is 2.24. The fourth-order valence-electron chi connectivity index (χ4n) is 1.69. The third kappa shape index (κ3) is 6.75. The summed E-state index contributed by atoms with van der Waals surface area (Å²) in [6.07, 6.45) is 0.289. The van der Waals surface area contributed by atoms with Crippen LogP contribution in [0.15, 0.2) is 30.3 Å². The molecule has 1 aromatic carbocycles. The molecule has 0 spiro atoms. The second-order valence-corrected chi connectivity index (χ2v) is 4.91. The van der Waals surface area contributed by atoms with Crippen LogP contribution >= 0.6 is 0 Å². The Morgan fingerprint density at radius 3 is 2.45 bits per heavy atom. The summed E-state index contributed by atoms with van der Waals surface area (Å²) in [7, 11) is 0. The number of urea groups is 1. The third-order valence-electron chi connectivity index (χ3n) is 2.70. The fourth-order valence-corrected chi connectivity index (χ4v) is 1.69. The molecule has 4 N–H and O–H groups in total. The maximum absolute atomic E-state index is 11.5. The molecule has 1 atom stereocenters. The molecule has 110 valence electrons.